The lowest BCUT2D eigenvalue weighted by Gasteiger charge is -2.06. The van der Waals surface area contributed by atoms with Crippen LogP contribution in [0.25, 0.3) is 0 Å². The summed E-state index contributed by atoms with van der Waals surface area (Å²) >= 11 is 0. The SMILES string of the molecule is CCOC(=O)c1cnn(Cc2c(N)cccc2F)c1. The number of hydrogen-bond donors (Lipinski definition) is 1. The summed E-state index contributed by atoms with van der Waals surface area (Å²) in [6, 6.07) is 4.50. The van der Waals surface area contributed by atoms with Crippen LogP contribution < -0.4 is 5.73 Å². The highest BCUT2D eigenvalue weighted by Crippen LogP contribution is 2.17. The number of nitrogen functional groups attached to an aromatic ring is 1. The van der Waals surface area contributed by atoms with Gasteiger partial charge in [0, 0.05) is 17.4 Å². The third kappa shape index (κ3) is 2.90. The second-order valence-corrected chi connectivity index (χ2v) is 3.95. The molecule has 0 aliphatic heterocycles. The minimum absolute atomic E-state index is 0.165. The van der Waals surface area contributed by atoms with E-state index in [1.165, 1.54) is 23.1 Å². The van der Waals surface area contributed by atoms with Gasteiger partial charge in [0.1, 0.15) is 5.82 Å². The summed E-state index contributed by atoms with van der Waals surface area (Å²) in [5.41, 5.74) is 6.74. The maximum Gasteiger partial charge on any atom is 0.341 e. The van der Waals surface area contributed by atoms with Gasteiger partial charge >= 0.3 is 5.97 Å². The summed E-state index contributed by atoms with van der Waals surface area (Å²) in [5, 5.41) is 3.99. The van der Waals surface area contributed by atoms with Gasteiger partial charge in [0.15, 0.2) is 0 Å². The van der Waals surface area contributed by atoms with Crippen LogP contribution >= 0.6 is 0 Å². The molecule has 0 atom stereocenters. The van der Waals surface area contributed by atoms with Crippen LogP contribution in [-0.2, 0) is 11.3 Å². The molecule has 0 amide bonds. The van der Waals surface area contributed by atoms with Gasteiger partial charge in [0.2, 0.25) is 0 Å². The summed E-state index contributed by atoms with van der Waals surface area (Å²) in [7, 11) is 0. The fourth-order valence-electron chi connectivity index (χ4n) is 1.67. The first-order chi connectivity index (χ1) is 9.11. The predicted octanol–water partition coefficient (Wildman–Crippen LogP) is 1.83. The highest BCUT2D eigenvalue weighted by Gasteiger charge is 2.11. The molecule has 1 heterocycles. The van der Waals surface area contributed by atoms with E-state index in [4.69, 9.17) is 10.5 Å². The monoisotopic (exact) mass is 263 g/mol. The standard InChI is InChI=1S/C13H14FN3O2/c1-2-19-13(18)9-6-16-17(7-9)8-10-11(14)4-3-5-12(10)15/h3-7H,2,8,15H2,1H3. The number of benzene rings is 1. The molecule has 5 nitrogen and oxygen atoms in total. The minimum atomic E-state index is -0.449. The Bertz CT molecular complexity index is 575. The van der Waals surface area contributed by atoms with Crippen molar-refractivity contribution >= 4 is 11.7 Å². The molecular formula is C13H14FN3O2. The van der Waals surface area contributed by atoms with Gasteiger partial charge < -0.3 is 10.5 Å². The van der Waals surface area contributed by atoms with Crippen LogP contribution in [0.2, 0.25) is 0 Å². The highest BCUT2D eigenvalue weighted by molar-refractivity contribution is 5.88. The summed E-state index contributed by atoms with van der Waals surface area (Å²) in [6.45, 7) is 2.19. The van der Waals surface area contributed by atoms with Gasteiger partial charge in [-0.1, -0.05) is 6.07 Å². The number of aromatic nitrogens is 2. The first-order valence-corrected chi connectivity index (χ1v) is 5.84. The zero-order chi connectivity index (χ0) is 13.8. The Balaban J connectivity index is 2.18. The van der Waals surface area contributed by atoms with Crippen LogP contribution in [-0.4, -0.2) is 22.4 Å². The molecule has 0 saturated heterocycles. The summed E-state index contributed by atoms with van der Waals surface area (Å²) in [4.78, 5) is 11.5. The number of nitrogens with two attached hydrogens (primary N) is 1. The Morgan fingerprint density at radius 3 is 3.00 bits per heavy atom. The Morgan fingerprint density at radius 1 is 1.53 bits per heavy atom. The molecule has 0 bridgehead atoms. The van der Waals surface area contributed by atoms with Crippen LogP contribution in [0.3, 0.4) is 0 Å². The number of anilines is 1. The molecule has 6 heteroatoms. The maximum atomic E-state index is 13.6. The number of esters is 1. The van der Waals surface area contributed by atoms with Crippen molar-refractivity contribution < 1.29 is 13.9 Å². The van der Waals surface area contributed by atoms with Crippen LogP contribution in [0.5, 0.6) is 0 Å². The fourth-order valence-corrected chi connectivity index (χ4v) is 1.67. The van der Waals surface area contributed by atoms with E-state index in [1.807, 2.05) is 0 Å². The smallest absolute Gasteiger partial charge is 0.341 e. The quantitative estimate of drug-likeness (QED) is 0.675. The van der Waals surface area contributed by atoms with E-state index in [1.54, 1.807) is 19.1 Å². The lowest BCUT2D eigenvalue weighted by Crippen LogP contribution is -2.06. The zero-order valence-corrected chi connectivity index (χ0v) is 10.5. The van der Waals surface area contributed by atoms with Crippen LogP contribution in [0.15, 0.2) is 30.6 Å². The van der Waals surface area contributed by atoms with Gasteiger partial charge in [-0.3, -0.25) is 4.68 Å². The predicted molar refractivity (Wildman–Crippen MR) is 68.1 cm³/mol. The van der Waals surface area contributed by atoms with Gasteiger partial charge in [-0.15, -0.1) is 0 Å². The Hall–Kier alpha value is -2.37. The van der Waals surface area contributed by atoms with Crippen molar-refractivity contribution in [3.8, 4) is 0 Å². The molecule has 0 unspecified atom stereocenters. The Morgan fingerprint density at radius 2 is 2.32 bits per heavy atom. The molecule has 1 aromatic carbocycles. The molecule has 0 saturated carbocycles. The van der Waals surface area contributed by atoms with Gasteiger partial charge in [-0.25, -0.2) is 9.18 Å². The second kappa shape index (κ2) is 5.51. The molecule has 2 aromatic rings. The second-order valence-electron chi connectivity index (χ2n) is 3.95. The van der Waals surface area contributed by atoms with Crippen LogP contribution in [0, 0.1) is 5.82 Å². The van der Waals surface area contributed by atoms with E-state index in [0.29, 0.717) is 23.4 Å². The largest absolute Gasteiger partial charge is 0.462 e. The average molecular weight is 263 g/mol. The Kier molecular flexibility index (Phi) is 3.79. The highest BCUT2D eigenvalue weighted by atomic mass is 19.1. The van der Waals surface area contributed by atoms with Crippen molar-refractivity contribution in [3.05, 3.63) is 47.5 Å². The molecule has 0 aliphatic rings. The van der Waals surface area contributed by atoms with Crippen molar-refractivity contribution in [2.45, 2.75) is 13.5 Å². The average Bonchev–Trinajstić information content (AvgIpc) is 2.83. The van der Waals surface area contributed by atoms with Gasteiger partial charge in [0.25, 0.3) is 0 Å². The number of carbonyl (C=O) groups excluding carboxylic acids is 1. The lowest BCUT2D eigenvalue weighted by atomic mass is 10.1. The molecule has 0 radical (unpaired) electrons. The van der Waals surface area contributed by atoms with E-state index in [2.05, 4.69) is 5.10 Å². The molecule has 0 spiro atoms. The Labute approximate surface area is 109 Å². The van der Waals surface area contributed by atoms with Crippen LogP contribution in [0.1, 0.15) is 22.8 Å². The van der Waals surface area contributed by atoms with Crippen molar-refractivity contribution in [2.24, 2.45) is 0 Å². The number of rotatable bonds is 4. The summed E-state index contributed by atoms with van der Waals surface area (Å²) in [5.74, 6) is -0.844. The van der Waals surface area contributed by atoms with E-state index in [9.17, 15) is 9.18 Å². The van der Waals surface area contributed by atoms with Crippen molar-refractivity contribution in [2.75, 3.05) is 12.3 Å². The van der Waals surface area contributed by atoms with E-state index >= 15 is 0 Å². The van der Waals surface area contributed by atoms with E-state index in [-0.39, 0.29) is 6.54 Å². The number of carbonyl (C=O) groups is 1. The third-order valence-corrected chi connectivity index (χ3v) is 2.62. The molecule has 19 heavy (non-hydrogen) atoms. The third-order valence-electron chi connectivity index (χ3n) is 2.62. The molecule has 2 N–H and O–H groups in total. The van der Waals surface area contributed by atoms with E-state index in [0.717, 1.165) is 0 Å². The molecule has 0 aliphatic carbocycles. The van der Waals surface area contributed by atoms with Crippen LogP contribution in [0.4, 0.5) is 10.1 Å². The minimum Gasteiger partial charge on any atom is -0.462 e. The van der Waals surface area contributed by atoms with Gasteiger partial charge in [-0.2, -0.15) is 5.10 Å². The molecule has 1 aromatic heterocycles. The molecule has 0 fully saturated rings. The number of ether oxygens (including phenoxy) is 1. The number of halogens is 1. The summed E-state index contributed by atoms with van der Waals surface area (Å²) < 4.78 is 19.9. The summed E-state index contributed by atoms with van der Waals surface area (Å²) in [6.07, 6.45) is 2.89. The van der Waals surface area contributed by atoms with Gasteiger partial charge in [0.05, 0.1) is 24.9 Å². The maximum absolute atomic E-state index is 13.6. The first-order valence-electron chi connectivity index (χ1n) is 5.84. The fraction of sp³-hybridized carbons (Fsp3) is 0.231. The molecular weight excluding hydrogens is 249 g/mol. The number of nitrogens with zero attached hydrogens (tertiary/aromatic N) is 2. The lowest BCUT2D eigenvalue weighted by molar-refractivity contribution is 0.0526. The van der Waals surface area contributed by atoms with Crippen molar-refractivity contribution in [1.29, 1.82) is 0 Å². The zero-order valence-electron chi connectivity index (χ0n) is 10.5. The normalized spacial score (nSPS) is 10.4. The first kappa shape index (κ1) is 13.1. The number of hydrogen-bond acceptors (Lipinski definition) is 4. The van der Waals surface area contributed by atoms with Crippen molar-refractivity contribution in [1.82, 2.24) is 9.78 Å². The van der Waals surface area contributed by atoms with Gasteiger partial charge in [-0.05, 0) is 19.1 Å². The van der Waals surface area contributed by atoms with E-state index < -0.39 is 11.8 Å². The topological polar surface area (TPSA) is 70.1 Å². The molecule has 2 rings (SSSR count). The molecule has 100 valence electrons. The van der Waals surface area contributed by atoms with Crippen molar-refractivity contribution in [3.63, 3.8) is 0 Å².